The number of nitrogens with two attached hydrogens (primary N) is 1. The molecule has 2 atom stereocenters. The van der Waals surface area contributed by atoms with Crippen LogP contribution in [0.5, 0.6) is 0 Å². The Balaban J connectivity index is 2.65. The summed E-state index contributed by atoms with van der Waals surface area (Å²) in [7, 11) is 0. The minimum absolute atomic E-state index is 0.0383. The van der Waals surface area contributed by atoms with E-state index in [1.165, 1.54) is 11.8 Å². The van der Waals surface area contributed by atoms with Gasteiger partial charge in [0.15, 0.2) is 0 Å². The third-order valence-corrected chi connectivity index (χ3v) is 4.47. The molecule has 0 saturated heterocycles. The molecule has 1 aromatic rings. The first-order valence-electron chi connectivity index (χ1n) is 6.53. The second-order valence-corrected chi connectivity index (χ2v) is 7.77. The lowest BCUT2D eigenvalue weighted by atomic mass is 10.1. The molecule has 0 bridgehead atoms. The summed E-state index contributed by atoms with van der Waals surface area (Å²) < 4.78 is 6.34. The third kappa shape index (κ3) is 6.29. The maximum atomic E-state index is 11.8. The zero-order valence-electron chi connectivity index (χ0n) is 12.4. The molecule has 0 aliphatic rings. The number of carbonyl (C=O) groups excluding carboxylic acids is 1. The number of thioether (sulfide) groups is 1. The van der Waals surface area contributed by atoms with E-state index in [2.05, 4.69) is 15.9 Å². The largest absolute Gasteiger partial charge is 0.459 e. The number of rotatable bonds is 5. The van der Waals surface area contributed by atoms with Gasteiger partial charge in [-0.15, -0.1) is 11.8 Å². The van der Waals surface area contributed by atoms with Crippen molar-refractivity contribution in [2.24, 2.45) is 5.73 Å². The van der Waals surface area contributed by atoms with Crippen LogP contribution in [0.2, 0.25) is 0 Å². The number of hydrogen-bond donors (Lipinski definition) is 1. The molecule has 3 nitrogen and oxygen atoms in total. The molecule has 1 aromatic carbocycles. The highest BCUT2D eigenvalue weighted by Crippen LogP contribution is 2.32. The Morgan fingerprint density at radius 2 is 1.90 bits per heavy atom. The maximum Gasteiger partial charge on any atom is 0.316 e. The molecule has 0 radical (unpaired) electrons. The van der Waals surface area contributed by atoms with Gasteiger partial charge in [0.05, 0.1) is 5.75 Å². The zero-order valence-corrected chi connectivity index (χ0v) is 14.8. The number of hydrogen-bond acceptors (Lipinski definition) is 4. The van der Waals surface area contributed by atoms with Gasteiger partial charge in [0.1, 0.15) is 5.60 Å². The van der Waals surface area contributed by atoms with Gasteiger partial charge in [-0.05, 0) is 45.4 Å². The number of ether oxygens (including phenoxy) is 1. The highest BCUT2D eigenvalue weighted by molar-refractivity contribution is 9.10. The summed E-state index contributed by atoms with van der Waals surface area (Å²) in [6.45, 7) is 7.56. The topological polar surface area (TPSA) is 52.3 Å². The summed E-state index contributed by atoms with van der Waals surface area (Å²) >= 11 is 4.94. The van der Waals surface area contributed by atoms with Crippen molar-refractivity contribution in [3.8, 4) is 0 Å². The fraction of sp³-hybridized carbons (Fsp3) is 0.533. The van der Waals surface area contributed by atoms with Gasteiger partial charge in [0, 0.05) is 15.8 Å². The van der Waals surface area contributed by atoms with Crippen LogP contribution in [0, 0.1) is 0 Å². The predicted molar refractivity (Wildman–Crippen MR) is 88.8 cm³/mol. The highest BCUT2D eigenvalue weighted by atomic mass is 79.9. The van der Waals surface area contributed by atoms with Gasteiger partial charge in [-0.2, -0.15) is 0 Å². The van der Waals surface area contributed by atoms with Gasteiger partial charge in [-0.1, -0.05) is 28.1 Å². The lowest BCUT2D eigenvalue weighted by Gasteiger charge is -2.23. The van der Waals surface area contributed by atoms with Gasteiger partial charge in [-0.25, -0.2) is 0 Å². The van der Waals surface area contributed by atoms with Crippen molar-refractivity contribution in [1.82, 2.24) is 0 Å². The molecular weight excluding hydrogens is 338 g/mol. The lowest BCUT2D eigenvalue weighted by molar-refractivity contribution is -0.151. The van der Waals surface area contributed by atoms with Crippen molar-refractivity contribution >= 4 is 33.7 Å². The van der Waals surface area contributed by atoms with E-state index < -0.39 is 5.60 Å². The Morgan fingerprint density at radius 1 is 1.35 bits per heavy atom. The van der Waals surface area contributed by atoms with Gasteiger partial charge in [0.2, 0.25) is 0 Å². The Morgan fingerprint density at radius 3 is 2.35 bits per heavy atom. The van der Waals surface area contributed by atoms with E-state index in [0.29, 0.717) is 5.75 Å². The first-order chi connectivity index (χ1) is 9.19. The molecule has 0 aliphatic carbocycles. The molecule has 1 rings (SSSR count). The van der Waals surface area contributed by atoms with Gasteiger partial charge in [0.25, 0.3) is 0 Å². The van der Waals surface area contributed by atoms with Crippen LogP contribution in [0.4, 0.5) is 0 Å². The van der Waals surface area contributed by atoms with Crippen LogP contribution in [-0.2, 0) is 9.53 Å². The summed E-state index contributed by atoms with van der Waals surface area (Å²) in [5.74, 6) is 0.102. The highest BCUT2D eigenvalue weighted by Gasteiger charge is 2.21. The van der Waals surface area contributed by atoms with E-state index in [0.717, 1.165) is 10.0 Å². The summed E-state index contributed by atoms with van der Waals surface area (Å²) in [4.78, 5) is 11.8. The smallest absolute Gasteiger partial charge is 0.316 e. The average Bonchev–Trinajstić information content (AvgIpc) is 2.29. The normalized spacial score (nSPS) is 14.7. The fourth-order valence-corrected chi connectivity index (χ4v) is 3.02. The van der Waals surface area contributed by atoms with Gasteiger partial charge in [-0.3, -0.25) is 4.79 Å². The lowest BCUT2D eigenvalue weighted by Crippen LogP contribution is -2.27. The van der Waals surface area contributed by atoms with Crippen LogP contribution in [0.3, 0.4) is 0 Å². The molecule has 0 amide bonds. The molecule has 0 aliphatic heterocycles. The summed E-state index contributed by atoms with van der Waals surface area (Å²) in [5.41, 5.74) is 6.71. The van der Waals surface area contributed by atoms with Crippen LogP contribution in [0.25, 0.3) is 0 Å². The number of benzene rings is 1. The fourth-order valence-electron chi connectivity index (χ4n) is 1.73. The molecule has 20 heavy (non-hydrogen) atoms. The maximum absolute atomic E-state index is 11.8. The number of carbonyl (C=O) groups is 1. The van der Waals surface area contributed by atoms with Crippen LogP contribution in [-0.4, -0.2) is 23.4 Å². The SMILES string of the molecule is CC(N)C(SCC(=O)OC(C)(C)C)c1ccc(Br)cc1. The quantitative estimate of drug-likeness (QED) is 0.809. The van der Waals surface area contributed by atoms with Crippen LogP contribution in [0.1, 0.15) is 38.5 Å². The Kier molecular flexibility index (Phi) is 6.55. The first kappa shape index (κ1) is 17.5. The molecule has 0 fully saturated rings. The molecule has 0 spiro atoms. The van der Waals surface area contributed by atoms with Crippen molar-refractivity contribution in [3.63, 3.8) is 0 Å². The summed E-state index contributed by atoms with van der Waals surface area (Å²) in [6, 6.07) is 7.99. The van der Waals surface area contributed by atoms with Crippen molar-refractivity contribution < 1.29 is 9.53 Å². The van der Waals surface area contributed by atoms with E-state index in [4.69, 9.17) is 10.5 Å². The van der Waals surface area contributed by atoms with Crippen LogP contribution >= 0.6 is 27.7 Å². The predicted octanol–water partition coefficient (Wildman–Crippen LogP) is 3.91. The minimum atomic E-state index is -0.445. The molecule has 112 valence electrons. The zero-order chi connectivity index (χ0) is 15.3. The van der Waals surface area contributed by atoms with E-state index in [-0.39, 0.29) is 17.3 Å². The van der Waals surface area contributed by atoms with Crippen molar-refractivity contribution in [3.05, 3.63) is 34.3 Å². The van der Waals surface area contributed by atoms with E-state index in [9.17, 15) is 4.79 Å². The van der Waals surface area contributed by atoms with Crippen molar-refractivity contribution in [2.45, 2.75) is 44.6 Å². The molecule has 2 unspecified atom stereocenters. The molecule has 0 heterocycles. The molecule has 0 saturated carbocycles. The van der Waals surface area contributed by atoms with E-state index in [1.807, 2.05) is 52.0 Å². The molecule has 2 N–H and O–H groups in total. The molecule has 5 heteroatoms. The van der Waals surface area contributed by atoms with E-state index >= 15 is 0 Å². The number of esters is 1. The molecular formula is C15H22BrNO2S. The first-order valence-corrected chi connectivity index (χ1v) is 8.38. The third-order valence-electron chi connectivity index (χ3n) is 2.48. The van der Waals surface area contributed by atoms with Crippen LogP contribution in [0.15, 0.2) is 28.7 Å². The average molecular weight is 360 g/mol. The van der Waals surface area contributed by atoms with E-state index in [1.54, 1.807) is 0 Å². The molecule has 0 aromatic heterocycles. The minimum Gasteiger partial charge on any atom is -0.459 e. The van der Waals surface area contributed by atoms with Crippen LogP contribution < -0.4 is 5.73 Å². The Hall–Kier alpha value is -0.520. The van der Waals surface area contributed by atoms with Crippen molar-refractivity contribution in [2.75, 3.05) is 5.75 Å². The van der Waals surface area contributed by atoms with Crippen molar-refractivity contribution in [1.29, 1.82) is 0 Å². The summed E-state index contributed by atoms with van der Waals surface area (Å²) in [5, 5.41) is 0.0793. The second kappa shape index (κ2) is 7.48. The van der Waals surface area contributed by atoms with Gasteiger partial charge < -0.3 is 10.5 Å². The standard InChI is InChI=1S/C15H22BrNO2S/c1-10(17)14(11-5-7-12(16)8-6-11)20-9-13(18)19-15(2,3)4/h5-8,10,14H,9,17H2,1-4H3. The Bertz CT molecular complexity index is 440. The summed E-state index contributed by atoms with van der Waals surface area (Å²) in [6.07, 6.45) is 0. The Labute approximate surface area is 133 Å². The van der Waals surface area contributed by atoms with Gasteiger partial charge >= 0.3 is 5.97 Å². The monoisotopic (exact) mass is 359 g/mol. The number of halogens is 1. The second-order valence-electron chi connectivity index (χ2n) is 5.73.